The lowest BCUT2D eigenvalue weighted by Crippen LogP contribution is -2.47. The molecule has 0 radical (unpaired) electrons. The molecule has 0 saturated heterocycles. The molecule has 1 N–H and O–H groups in total. The lowest BCUT2D eigenvalue weighted by molar-refractivity contribution is -0.144. The normalized spacial score (nSPS) is 30.9. The molecule has 6 rings (SSSR count). The lowest BCUT2D eigenvalue weighted by atomic mass is 9.78. The van der Waals surface area contributed by atoms with Crippen LogP contribution in [0.1, 0.15) is 60.5 Å². The Morgan fingerprint density at radius 3 is 2.95 bits per heavy atom. The highest BCUT2D eigenvalue weighted by atomic mass is 19.4. The van der Waals surface area contributed by atoms with Crippen molar-refractivity contribution in [2.24, 2.45) is 11.3 Å². The molecule has 3 heterocycles. The Morgan fingerprint density at radius 1 is 1.30 bits per heavy atom. The Labute approximate surface area is 214 Å². The first kappa shape index (κ1) is 24.7. The van der Waals surface area contributed by atoms with Gasteiger partial charge in [-0.25, -0.2) is 0 Å². The van der Waals surface area contributed by atoms with E-state index in [4.69, 9.17) is 9.47 Å². The van der Waals surface area contributed by atoms with E-state index in [1.165, 1.54) is 0 Å². The van der Waals surface area contributed by atoms with Gasteiger partial charge in [-0.05, 0) is 49.3 Å². The van der Waals surface area contributed by atoms with Gasteiger partial charge in [0.15, 0.2) is 0 Å². The van der Waals surface area contributed by atoms with Crippen molar-refractivity contribution in [2.75, 3.05) is 20.3 Å². The summed E-state index contributed by atoms with van der Waals surface area (Å²) in [6, 6.07) is 9.27. The topological polar surface area (TPSA) is 63.7 Å². The third-order valence-electron chi connectivity index (χ3n) is 8.96. The van der Waals surface area contributed by atoms with E-state index >= 15 is 0 Å². The maximum atomic E-state index is 14.1. The average Bonchev–Trinajstić information content (AvgIpc) is 3.45. The number of pyridine rings is 1. The minimum Gasteiger partial charge on any atom is -0.490 e. The van der Waals surface area contributed by atoms with Crippen LogP contribution in [0.25, 0.3) is 0 Å². The van der Waals surface area contributed by atoms with Crippen LogP contribution in [0.4, 0.5) is 13.2 Å². The number of aromatic nitrogens is 1. The van der Waals surface area contributed by atoms with Crippen LogP contribution < -0.4 is 10.1 Å². The van der Waals surface area contributed by atoms with E-state index in [1.54, 1.807) is 12.0 Å². The van der Waals surface area contributed by atoms with Gasteiger partial charge in [-0.2, -0.15) is 13.2 Å². The largest absolute Gasteiger partial charge is 0.490 e. The fourth-order valence-corrected chi connectivity index (χ4v) is 7.18. The van der Waals surface area contributed by atoms with Crippen molar-refractivity contribution in [3.63, 3.8) is 0 Å². The molecule has 0 bridgehead atoms. The second-order valence-corrected chi connectivity index (χ2v) is 11.0. The van der Waals surface area contributed by atoms with Gasteiger partial charge < -0.3 is 19.7 Å². The standard InChI is InChI=1S/C28H32F3N3O3/c1-36-24-16-37-23-7-3-2-6-21(23)25(24)33-20-12-18-5-4-9-27(18,13-20)26(35)34-10-8-22-17(15-34)11-19(14-32-22)28(29,30)31/h2-3,6-7,11,14,18,20,24-25,33H,4-5,8-10,12-13,15-16H2,1H3/t18-,20-,24+,25-,27-/m1/s1. The summed E-state index contributed by atoms with van der Waals surface area (Å²) in [5.74, 6) is 1.23. The van der Waals surface area contributed by atoms with Crippen LogP contribution in [-0.4, -0.2) is 48.2 Å². The number of hydrogen-bond acceptors (Lipinski definition) is 5. The zero-order valence-electron chi connectivity index (χ0n) is 20.9. The number of nitrogens with one attached hydrogen (secondary N) is 1. The molecule has 9 heteroatoms. The third kappa shape index (κ3) is 4.30. The van der Waals surface area contributed by atoms with Gasteiger partial charge in [0.2, 0.25) is 5.91 Å². The van der Waals surface area contributed by atoms with Crippen LogP contribution >= 0.6 is 0 Å². The molecular formula is C28H32F3N3O3. The smallest absolute Gasteiger partial charge is 0.417 e. The van der Waals surface area contributed by atoms with Crippen molar-refractivity contribution in [3.8, 4) is 5.75 Å². The lowest BCUT2D eigenvalue weighted by Gasteiger charge is -2.38. The Bertz CT molecular complexity index is 1190. The minimum absolute atomic E-state index is 0.0281. The monoisotopic (exact) mass is 515 g/mol. The number of halogens is 3. The molecule has 37 heavy (non-hydrogen) atoms. The fourth-order valence-electron chi connectivity index (χ4n) is 7.18. The number of fused-ring (bicyclic) bond motifs is 3. The predicted octanol–water partition coefficient (Wildman–Crippen LogP) is 4.67. The molecule has 1 aromatic heterocycles. The maximum Gasteiger partial charge on any atom is 0.417 e. The second-order valence-electron chi connectivity index (χ2n) is 11.0. The number of amides is 1. The number of benzene rings is 1. The Balaban J connectivity index is 1.21. The zero-order valence-corrected chi connectivity index (χ0v) is 20.9. The van der Waals surface area contributed by atoms with Gasteiger partial charge in [-0.15, -0.1) is 0 Å². The summed E-state index contributed by atoms with van der Waals surface area (Å²) in [6.45, 7) is 1.15. The van der Waals surface area contributed by atoms with Gasteiger partial charge >= 0.3 is 6.18 Å². The highest BCUT2D eigenvalue weighted by Crippen LogP contribution is 2.56. The summed E-state index contributed by atoms with van der Waals surface area (Å²) in [7, 11) is 1.69. The molecule has 6 nitrogen and oxygen atoms in total. The summed E-state index contributed by atoms with van der Waals surface area (Å²) in [4.78, 5) is 19.9. The van der Waals surface area contributed by atoms with E-state index < -0.39 is 17.2 Å². The summed E-state index contributed by atoms with van der Waals surface area (Å²) < 4.78 is 51.5. The molecule has 2 aliphatic heterocycles. The molecule has 2 aromatic rings. The molecule has 1 aromatic carbocycles. The minimum atomic E-state index is -4.45. The van der Waals surface area contributed by atoms with Gasteiger partial charge in [0, 0.05) is 50.1 Å². The number of alkyl halides is 3. The molecule has 2 aliphatic carbocycles. The average molecular weight is 516 g/mol. The van der Waals surface area contributed by atoms with E-state index in [0.29, 0.717) is 30.8 Å². The van der Waals surface area contributed by atoms with E-state index in [-0.39, 0.29) is 36.6 Å². The first-order chi connectivity index (χ1) is 17.8. The highest BCUT2D eigenvalue weighted by Gasteiger charge is 2.56. The van der Waals surface area contributed by atoms with E-state index in [1.807, 2.05) is 18.2 Å². The SMILES string of the molecule is CO[C@H]1COc2ccccc2[C@H]1N[C@@H]1C[C@H]2CCC[C@@]2(C(=O)N2CCc3ncc(C(F)(F)F)cc3C2)C1. The number of rotatable bonds is 4. The van der Waals surface area contributed by atoms with Gasteiger partial charge in [-0.3, -0.25) is 9.78 Å². The van der Waals surface area contributed by atoms with Crippen LogP contribution in [0.5, 0.6) is 5.75 Å². The van der Waals surface area contributed by atoms with Crippen molar-refractivity contribution in [1.82, 2.24) is 15.2 Å². The number of ether oxygens (including phenoxy) is 2. The summed E-state index contributed by atoms with van der Waals surface area (Å²) in [5, 5.41) is 3.82. The molecule has 0 spiro atoms. The van der Waals surface area contributed by atoms with Crippen LogP contribution in [0, 0.1) is 11.3 Å². The van der Waals surface area contributed by atoms with Crippen LogP contribution in [0.3, 0.4) is 0 Å². The van der Waals surface area contributed by atoms with E-state index in [9.17, 15) is 18.0 Å². The van der Waals surface area contributed by atoms with E-state index in [2.05, 4.69) is 16.4 Å². The van der Waals surface area contributed by atoms with E-state index in [0.717, 1.165) is 55.7 Å². The Kier molecular flexibility index (Phi) is 6.18. The van der Waals surface area contributed by atoms with Crippen molar-refractivity contribution < 1.29 is 27.4 Å². The van der Waals surface area contributed by atoms with Gasteiger partial charge in [0.1, 0.15) is 18.5 Å². The molecule has 0 unspecified atom stereocenters. The molecule has 2 fully saturated rings. The quantitative estimate of drug-likeness (QED) is 0.641. The molecule has 4 aliphatic rings. The molecule has 2 saturated carbocycles. The molecular weight excluding hydrogens is 483 g/mol. The summed E-state index contributed by atoms with van der Waals surface area (Å²) in [6.07, 6.45) is 1.29. The Morgan fingerprint density at radius 2 is 2.14 bits per heavy atom. The number of para-hydroxylation sites is 1. The molecule has 1 amide bonds. The van der Waals surface area contributed by atoms with Crippen LogP contribution in [0.15, 0.2) is 36.5 Å². The zero-order chi connectivity index (χ0) is 25.8. The van der Waals surface area contributed by atoms with Crippen molar-refractivity contribution in [1.29, 1.82) is 0 Å². The maximum absolute atomic E-state index is 14.1. The molecule has 5 atom stereocenters. The second kappa shape index (κ2) is 9.27. The third-order valence-corrected chi connectivity index (χ3v) is 8.96. The summed E-state index contributed by atoms with van der Waals surface area (Å²) >= 11 is 0. The summed E-state index contributed by atoms with van der Waals surface area (Å²) in [5.41, 5.74) is 1.02. The number of hydrogen-bond donors (Lipinski definition) is 1. The first-order valence-corrected chi connectivity index (χ1v) is 13.1. The van der Waals surface area contributed by atoms with Gasteiger partial charge in [0.25, 0.3) is 0 Å². The predicted molar refractivity (Wildman–Crippen MR) is 130 cm³/mol. The fraction of sp³-hybridized carbons (Fsp3) is 0.571. The van der Waals surface area contributed by atoms with Gasteiger partial charge in [-0.1, -0.05) is 24.6 Å². The van der Waals surface area contributed by atoms with Crippen LogP contribution in [0.2, 0.25) is 0 Å². The van der Waals surface area contributed by atoms with Gasteiger partial charge in [0.05, 0.1) is 17.0 Å². The molecule has 198 valence electrons. The number of carbonyl (C=O) groups excluding carboxylic acids is 1. The van der Waals surface area contributed by atoms with Crippen LogP contribution in [-0.2, 0) is 28.7 Å². The number of nitrogens with zero attached hydrogens (tertiary/aromatic N) is 2. The highest BCUT2D eigenvalue weighted by molar-refractivity contribution is 5.84. The first-order valence-electron chi connectivity index (χ1n) is 13.1. The van der Waals surface area contributed by atoms with Crippen molar-refractivity contribution >= 4 is 5.91 Å². The number of methoxy groups -OCH3 is 1. The number of carbonyl (C=O) groups is 1. The Hall–Kier alpha value is -2.65. The van der Waals surface area contributed by atoms with Crippen molar-refractivity contribution in [2.45, 2.75) is 69.4 Å². The van der Waals surface area contributed by atoms with Crippen molar-refractivity contribution in [3.05, 3.63) is 58.9 Å².